The normalized spacial score (nSPS) is 33.3. The Morgan fingerprint density at radius 1 is 1.59 bits per heavy atom. The maximum atomic E-state index is 10.7. The van der Waals surface area contributed by atoms with Crippen LogP contribution in [0.1, 0.15) is 18.6 Å². The Morgan fingerprint density at radius 3 is 3.00 bits per heavy atom. The molecule has 0 aromatic heterocycles. The van der Waals surface area contributed by atoms with Crippen molar-refractivity contribution in [1.29, 1.82) is 0 Å². The molecule has 1 N–H and O–H groups in total. The van der Waals surface area contributed by atoms with E-state index in [4.69, 9.17) is 9.47 Å². The predicted molar refractivity (Wildman–Crippen MR) is 56.8 cm³/mol. The zero-order chi connectivity index (χ0) is 12.2. The van der Waals surface area contributed by atoms with Gasteiger partial charge in [-0.2, -0.15) is 0 Å². The maximum absolute atomic E-state index is 10.7. The zero-order valence-corrected chi connectivity index (χ0v) is 9.12. The van der Waals surface area contributed by atoms with Gasteiger partial charge in [-0.25, -0.2) is 0 Å². The van der Waals surface area contributed by atoms with Crippen LogP contribution in [0.15, 0.2) is 18.2 Å². The van der Waals surface area contributed by atoms with Gasteiger partial charge in [0.15, 0.2) is 5.60 Å². The SMILES string of the molecule is C[C@]1(CO)Oc2ccc([N+](=O)[O-])cc2C2OC21. The summed E-state index contributed by atoms with van der Waals surface area (Å²) < 4.78 is 11.1. The highest BCUT2D eigenvalue weighted by Gasteiger charge is 2.59. The Hall–Kier alpha value is -1.66. The number of nitro groups is 1. The Kier molecular flexibility index (Phi) is 1.96. The van der Waals surface area contributed by atoms with Crippen LogP contribution >= 0.6 is 0 Å². The number of rotatable bonds is 2. The Balaban J connectivity index is 2.03. The van der Waals surface area contributed by atoms with Crippen molar-refractivity contribution in [2.24, 2.45) is 0 Å². The first kappa shape index (κ1) is 10.5. The third-order valence-corrected chi connectivity index (χ3v) is 3.26. The van der Waals surface area contributed by atoms with Gasteiger partial charge in [-0.1, -0.05) is 0 Å². The molecule has 0 radical (unpaired) electrons. The summed E-state index contributed by atoms with van der Waals surface area (Å²) in [7, 11) is 0. The fraction of sp³-hybridized carbons (Fsp3) is 0.455. The lowest BCUT2D eigenvalue weighted by molar-refractivity contribution is -0.385. The molecule has 3 rings (SSSR count). The van der Waals surface area contributed by atoms with E-state index < -0.39 is 10.5 Å². The largest absolute Gasteiger partial charge is 0.482 e. The second-order valence-corrected chi connectivity index (χ2v) is 4.53. The molecule has 2 aliphatic rings. The lowest BCUT2D eigenvalue weighted by atomic mass is 9.93. The van der Waals surface area contributed by atoms with Gasteiger partial charge in [0.25, 0.3) is 5.69 Å². The average Bonchev–Trinajstić information content (AvgIpc) is 3.09. The van der Waals surface area contributed by atoms with E-state index in [0.717, 1.165) is 0 Å². The minimum absolute atomic E-state index is 0.0224. The fourth-order valence-corrected chi connectivity index (χ4v) is 2.21. The predicted octanol–water partition coefficient (Wildman–Crippen LogP) is 1.18. The molecule has 2 heterocycles. The molecule has 1 aromatic carbocycles. The number of benzene rings is 1. The summed E-state index contributed by atoms with van der Waals surface area (Å²) in [4.78, 5) is 10.2. The number of hydrogen-bond acceptors (Lipinski definition) is 5. The number of aliphatic hydroxyl groups excluding tert-OH is 1. The number of non-ortho nitro benzene ring substituents is 1. The lowest BCUT2D eigenvalue weighted by Gasteiger charge is -2.31. The molecule has 6 heteroatoms. The van der Waals surface area contributed by atoms with Crippen LogP contribution in [0.2, 0.25) is 0 Å². The smallest absolute Gasteiger partial charge is 0.270 e. The van der Waals surface area contributed by atoms with Crippen LogP contribution in [-0.2, 0) is 4.74 Å². The van der Waals surface area contributed by atoms with Crippen LogP contribution in [-0.4, -0.2) is 28.3 Å². The third kappa shape index (κ3) is 1.41. The molecule has 2 unspecified atom stereocenters. The molecular formula is C11H11NO5. The molecule has 3 atom stereocenters. The van der Waals surface area contributed by atoms with Gasteiger partial charge >= 0.3 is 0 Å². The molecule has 2 aliphatic heterocycles. The van der Waals surface area contributed by atoms with Crippen LogP contribution in [0.4, 0.5) is 5.69 Å². The first-order valence-corrected chi connectivity index (χ1v) is 5.29. The summed E-state index contributed by atoms with van der Waals surface area (Å²) in [6.07, 6.45) is -0.419. The Labute approximate surface area is 96.9 Å². The van der Waals surface area contributed by atoms with Crippen molar-refractivity contribution in [3.63, 3.8) is 0 Å². The summed E-state index contributed by atoms with van der Waals surface area (Å²) in [5.74, 6) is 0.547. The van der Waals surface area contributed by atoms with Gasteiger partial charge in [0.05, 0.1) is 11.5 Å². The molecule has 0 aliphatic carbocycles. The number of ether oxygens (including phenoxy) is 2. The first-order valence-electron chi connectivity index (χ1n) is 5.29. The van der Waals surface area contributed by atoms with Crippen LogP contribution in [0.5, 0.6) is 5.75 Å². The van der Waals surface area contributed by atoms with Gasteiger partial charge in [-0.3, -0.25) is 10.1 Å². The number of aliphatic hydroxyl groups is 1. The van der Waals surface area contributed by atoms with E-state index in [1.807, 2.05) is 0 Å². The second-order valence-electron chi connectivity index (χ2n) is 4.53. The number of nitro benzene ring substituents is 1. The quantitative estimate of drug-likeness (QED) is 0.474. The molecular weight excluding hydrogens is 226 g/mol. The lowest BCUT2D eigenvalue weighted by Crippen LogP contribution is -2.44. The van der Waals surface area contributed by atoms with Crippen molar-refractivity contribution in [2.75, 3.05) is 6.61 Å². The van der Waals surface area contributed by atoms with Crippen LogP contribution in [0, 0.1) is 10.1 Å². The molecule has 0 amide bonds. The standard InChI is InChI=1S/C11H11NO5/c1-11(5-13)10-9(16-10)7-4-6(12(14)15)2-3-8(7)17-11/h2-4,9-10,13H,5H2,1H3/t9?,10?,11-/m1/s1. The third-order valence-electron chi connectivity index (χ3n) is 3.26. The second kappa shape index (κ2) is 3.18. The Morgan fingerprint density at radius 2 is 2.35 bits per heavy atom. The fourth-order valence-electron chi connectivity index (χ4n) is 2.21. The molecule has 0 spiro atoms. The van der Waals surface area contributed by atoms with E-state index >= 15 is 0 Å². The number of hydrogen-bond donors (Lipinski definition) is 1. The minimum Gasteiger partial charge on any atom is -0.482 e. The molecule has 1 saturated heterocycles. The van der Waals surface area contributed by atoms with E-state index in [2.05, 4.69) is 0 Å². The van der Waals surface area contributed by atoms with Crippen molar-refractivity contribution in [3.05, 3.63) is 33.9 Å². The van der Waals surface area contributed by atoms with Gasteiger partial charge in [0.1, 0.15) is 18.0 Å². The Bertz CT molecular complexity index is 503. The van der Waals surface area contributed by atoms with E-state index in [1.54, 1.807) is 13.0 Å². The number of nitrogens with zero attached hydrogens (tertiary/aromatic N) is 1. The van der Waals surface area contributed by atoms with E-state index in [-0.39, 0.29) is 24.5 Å². The molecule has 90 valence electrons. The first-order chi connectivity index (χ1) is 8.05. The molecule has 0 bridgehead atoms. The summed E-state index contributed by atoms with van der Waals surface area (Å²) in [6.45, 7) is 1.62. The monoisotopic (exact) mass is 237 g/mol. The van der Waals surface area contributed by atoms with E-state index in [0.29, 0.717) is 11.3 Å². The molecule has 1 aromatic rings. The molecule has 0 saturated carbocycles. The van der Waals surface area contributed by atoms with Gasteiger partial charge in [0, 0.05) is 17.7 Å². The van der Waals surface area contributed by atoms with Crippen LogP contribution < -0.4 is 4.74 Å². The zero-order valence-electron chi connectivity index (χ0n) is 9.12. The summed E-state index contributed by atoms with van der Waals surface area (Å²) in [5, 5.41) is 20.0. The van der Waals surface area contributed by atoms with E-state index in [9.17, 15) is 15.2 Å². The van der Waals surface area contributed by atoms with Crippen LogP contribution in [0.25, 0.3) is 0 Å². The van der Waals surface area contributed by atoms with Crippen molar-refractivity contribution < 1.29 is 19.5 Å². The van der Waals surface area contributed by atoms with Crippen LogP contribution in [0.3, 0.4) is 0 Å². The van der Waals surface area contributed by atoms with Crippen molar-refractivity contribution in [2.45, 2.75) is 24.7 Å². The van der Waals surface area contributed by atoms with Crippen molar-refractivity contribution in [1.82, 2.24) is 0 Å². The highest BCUT2D eigenvalue weighted by Crippen LogP contribution is 2.54. The molecule has 6 nitrogen and oxygen atoms in total. The number of fused-ring (bicyclic) bond motifs is 3. The number of epoxide rings is 1. The minimum atomic E-state index is -0.756. The van der Waals surface area contributed by atoms with Crippen molar-refractivity contribution in [3.8, 4) is 5.75 Å². The average molecular weight is 237 g/mol. The maximum Gasteiger partial charge on any atom is 0.270 e. The summed E-state index contributed by atoms with van der Waals surface area (Å²) >= 11 is 0. The highest BCUT2D eigenvalue weighted by atomic mass is 16.6. The van der Waals surface area contributed by atoms with Gasteiger partial charge in [0.2, 0.25) is 0 Å². The molecule has 17 heavy (non-hydrogen) atoms. The van der Waals surface area contributed by atoms with E-state index in [1.165, 1.54) is 12.1 Å². The topological polar surface area (TPSA) is 85.1 Å². The van der Waals surface area contributed by atoms with Gasteiger partial charge in [-0.15, -0.1) is 0 Å². The van der Waals surface area contributed by atoms with Gasteiger partial charge in [-0.05, 0) is 13.0 Å². The summed E-state index contributed by atoms with van der Waals surface area (Å²) in [5.41, 5.74) is -0.0438. The summed E-state index contributed by atoms with van der Waals surface area (Å²) in [6, 6.07) is 4.41. The van der Waals surface area contributed by atoms with Crippen molar-refractivity contribution >= 4 is 5.69 Å². The molecule has 1 fully saturated rings. The van der Waals surface area contributed by atoms with Gasteiger partial charge < -0.3 is 14.6 Å². The highest BCUT2D eigenvalue weighted by molar-refractivity contribution is 5.49.